The lowest BCUT2D eigenvalue weighted by Gasteiger charge is -2.31. The van der Waals surface area contributed by atoms with Crippen molar-refractivity contribution in [3.63, 3.8) is 0 Å². The van der Waals surface area contributed by atoms with Crippen molar-refractivity contribution < 1.29 is 35.9 Å². The molecule has 0 radical (unpaired) electrons. The minimum absolute atomic E-state index is 0.0174. The van der Waals surface area contributed by atoms with E-state index in [2.05, 4.69) is 10.1 Å². The number of carbonyl (C=O) groups is 1. The van der Waals surface area contributed by atoms with Crippen LogP contribution in [0.4, 0.5) is 29.3 Å². The van der Waals surface area contributed by atoms with Crippen LogP contribution in [0.1, 0.15) is 19.4 Å². The van der Waals surface area contributed by atoms with Gasteiger partial charge in [0.25, 0.3) is 10.0 Å². The molecule has 0 saturated heterocycles. The largest absolute Gasteiger partial charge is 0.489 e. The first-order valence-corrected chi connectivity index (χ1v) is 11.1. The van der Waals surface area contributed by atoms with Gasteiger partial charge in [0.05, 0.1) is 27.7 Å². The van der Waals surface area contributed by atoms with Gasteiger partial charge in [0.15, 0.2) is 0 Å². The molecule has 0 aromatic heterocycles. The van der Waals surface area contributed by atoms with Crippen LogP contribution in [-0.2, 0) is 14.8 Å². The van der Waals surface area contributed by atoms with Crippen LogP contribution in [-0.4, -0.2) is 39.4 Å². The van der Waals surface area contributed by atoms with E-state index in [-0.39, 0.29) is 45.8 Å². The Morgan fingerprint density at radius 2 is 1.94 bits per heavy atom. The summed E-state index contributed by atoms with van der Waals surface area (Å²) in [4.78, 5) is 11.8. The minimum Gasteiger partial charge on any atom is -0.489 e. The lowest BCUT2D eigenvalue weighted by molar-refractivity contribution is -0.242. The fourth-order valence-corrected chi connectivity index (χ4v) is 4.47. The van der Waals surface area contributed by atoms with E-state index in [1.54, 1.807) is 0 Å². The maximum atomic E-state index is 13.2. The number of benzene rings is 2. The maximum absolute atomic E-state index is 13.2. The molecule has 1 amide bonds. The van der Waals surface area contributed by atoms with Crippen LogP contribution in [0, 0.1) is 11.3 Å². The number of sulfonamides is 1. The van der Waals surface area contributed by atoms with Gasteiger partial charge < -0.3 is 9.47 Å². The third-order valence-corrected chi connectivity index (χ3v) is 6.84. The van der Waals surface area contributed by atoms with Gasteiger partial charge in [-0.15, -0.1) is 0 Å². The van der Waals surface area contributed by atoms with E-state index in [0.717, 1.165) is 10.4 Å². The Labute approximate surface area is 192 Å². The summed E-state index contributed by atoms with van der Waals surface area (Å²) in [5.41, 5.74) is -2.74. The number of nitrogens with zero attached hydrogens (tertiary/aromatic N) is 2. The van der Waals surface area contributed by atoms with Gasteiger partial charge in [-0.1, -0.05) is 11.6 Å². The Balaban J connectivity index is 1.92. The summed E-state index contributed by atoms with van der Waals surface area (Å²) in [6, 6.07) is 9.39. The van der Waals surface area contributed by atoms with Gasteiger partial charge in [0.2, 0.25) is 5.60 Å². The first-order chi connectivity index (χ1) is 15.3. The molecule has 176 valence electrons. The number of nitrogens with one attached hydrogen (secondary N) is 1. The highest BCUT2D eigenvalue weighted by Gasteiger charge is 2.51. The number of halogens is 4. The van der Waals surface area contributed by atoms with E-state index in [9.17, 15) is 26.4 Å². The molecule has 0 bridgehead atoms. The summed E-state index contributed by atoms with van der Waals surface area (Å²) >= 11 is 5.88. The van der Waals surface area contributed by atoms with Gasteiger partial charge in [0.1, 0.15) is 18.4 Å². The Hall–Kier alpha value is -3.17. The second-order valence-electron chi connectivity index (χ2n) is 7.38. The summed E-state index contributed by atoms with van der Waals surface area (Å²) < 4.78 is 76.3. The van der Waals surface area contributed by atoms with Crippen molar-refractivity contribution in [2.24, 2.45) is 0 Å². The Morgan fingerprint density at radius 3 is 2.58 bits per heavy atom. The van der Waals surface area contributed by atoms with Gasteiger partial charge >= 0.3 is 12.3 Å². The minimum atomic E-state index is -4.79. The van der Waals surface area contributed by atoms with E-state index in [0.29, 0.717) is 13.8 Å². The third kappa shape index (κ3) is 4.94. The first kappa shape index (κ1) is 24.5. The third-order valence-electron chi connectivity index (χ3n) is 4.70. The predicted octanol–water partition coefficient (Wildman–Crippen LogP) is 4.69. The molecule has 2 aromatic carbocycles. The molecule has 33 heavy (non-hydrogen) atoms. The predicted molar refractivity (Wildman–Crippen MR) is 113 cm³/mol. The summed E-state index contributed by atoms with van der Waals surface area (Å²) in [5, 5.41) is 11.4. The zero-order valence-electron chi connectivity index (χ0n) is 17.2. The Morgan fingerprint density at radius 1 is 1.24 bits per heavy atom. The van der Waals surface area contributed by atoms with Crippen LogP contribution in [0.15, 0.2) is 41.3 Å². The zero-order chi connectivity index (χ0) is 24.6. The lowest BCUT2D eigenvalue weighted by atomic mass is 10.1. The molecule has 0 atom stereocenters. The molecule has 0 saturated carbocycles. The van der Waals surface area contributed by atoms with Gasteiger partial charge in [0, 0.05) is 5.69 Å². The second-order valence-corrected chi connectivity index (χ2v) is 9.65. The number of hydrogen-bond acceptors (Lipinski definition) is 6. The van der Waals surface area contributed by atoms with E-state index < -0.39 is 27.9 Å². The number of fused-ring (bicyclic) bond motifs is 1. The van der Waals surface area contributed by atoms with E-state index in [4.69, 9.17) is 21.6 Å². The van der Waals surface area contributed by atoms with Crippen molar-refractivity contribution >= 4 is 39.1 Å². The highest BCUT2D eigenvalue weighted by Crippen LogP contribution is 2.38. The molecule has 13 heteroatoms. The molecular weight excluding hydrogens is 487 g/mol. The highest BCUT2D eigenvalue weighted by molar-refractivity contribution is 7.92. The molecule has 1 aliphatic heterocycles. The number of carbonyl (C=O) groups excluding carboxylic acids is 1. The van der Waals surface area contributed by atoms with Gasteiger partial charge in [-0.3, -0.25) is 9.62 Å². The quantitative estimate of drug-likeness (QED) is 0.648. The Bertz CT molecular complexity index is 1240. The topological polar surface area (TPSA) is 109 Å². The monoisotopic (exact) mass is 503 g/mol. The van der Waals surface area contributed by atoms with Crippen molar-refractivity contribution in [1.82, 2.24) is 0 Å². The maximum Gasteiger partial charge on any atom is 0.427 e. The van der Waals surface area contributed by atoms with Crippen LogP contribution < -0.4 is 14.4 Å². The van der Waals surface area contributed by atoms with Crippen molar-refractivity contribution in [2.75, 3.05) is 22.8 Å². The lowest BCUT2D eigenvalue weighted by Crippen LogP contribution is -2.44. The van der Waals surface area contributed by atoms with Gasteiger partial charge in [-0.2, -0.15) is 18.4 Å². The molecular formula is C20H17ClF3N3O5S. The molecule has 0 unspecified atom stereocenters. The number of rotatable bonds is 4. The van der Waals surface area contributed by atoms with Crippen LogP contribution in [0.2, 0.25) is 5.02 Å². The highest BCUT2D eigenvalue weighted by atomic mass is 35.5. The normalized spacial score (nSPS) is 14.0. The molecule has 1 heterocycles. The SMILES string of the molecule is CC(C)(OC(=O)Nc1ccc2c(c1)N(S(=O)(=O)c1ccc(Cl)c(C#N)c1)CCO2)C(F)(F)F. The Kier molecular flexibility index (Phi) is 6.41. The van der Waals surface area contributed by atoms with Crippen molar-refractivity contribution in [2.45, 2.75) is 30.5 Å². The molecule has 0 aliphatic carbocycles. The standard InChI is InChI=1S/C20H17ClF3N3O5S/c1-19(2,20(22,23)24)32-18(28)26-13-3-6-17-16(10-13)27(7-8-31-17)33(29,30)14-4-5-15(21)12(9-14)11-25/h3-6,9-10H,7-8H2,1-2H3,(H,26,28). The summed E-state index contributed by atoms with van der Waals surface area (Å²) in [7, 11) is -4.17. The van der Waals surface area contributed by atoms with Crippen molar-refractivity contribution in [1.29, 1.82) is 5.26 Å². The fourth-order valence-electron chi connectivity index (χ4n) is 2.83. The summed E-state index contributed by atoms with van der Waals surface area (Å²) in [5.74, 6) is 0.175. The van der Waals surface area contributed by atoms with Crippen molar-refractivity contribution in [3.05, 3.63) is 47.0 Å². The average molecular weight is 504 g/mol. The molecule has 1 N–H and O–H groups in total. The molecule has 3 rings (SSSR count). The van der Waals surface area contributed by atoms with E-state index >= 15 is 0 Å². The number of anilines is 2. The van der Waals surface area contributed by atoms with Gasteiger partial charge in [-0.25, -0.2) is 13.2 Å². The molecule has 8 nitrogen and oxygen atoms in total. The number of ether oxygens (including phenoxy) is 2. The zero-order valence-corrected chi connectivity index (χ0v) is 18.8. The number of nitriles is 1. The van der Waals surface area contributed by atoms with Crippen LogP contribution in [0.25, 0.3) is 0 Å². The first-order valence-electron chi connectivity index (χ1n) is 9.32. The van der Waals surface area contributed by atoms with E-state index in [1.165, 1.54) is 30.3 Å². The smallest absolute Gasteiger partial charge is 0.427 e. The average Bonchev–Trinajstić information content (AvgIpc) is 2.72. The number of alkyl halides is 3. The number of amides is 1. The number of hydrogen-bond donors (Lipinski definition) is 1. The molecule has 0 spiro atoms. The van der Waals surface area contributed by atoms with Crippen LogP contribution in [0.5, 0.6) is 5.75 Å². The van der Waals surface area contributed by atoms with Crippen molar-refractivity contribution in [3.8, 4) is 11.8 Å². The molecule has 2 aromatic rings. The molecule has 1 aliphatic rings. The second kappa shape index (κ2) is 8.64. The summed E-state index contributed by atoms with van der Waals surface area (Å²) in [6.45, 7) is 1.33. The van der Waals surface area contributed by atoms with Crippen LogP contribution in [0.3, 0.4) is 0 Å². The van der Waals surface area contributed by atoms with Crippen LogP contribution >= 0.6 is 11.6 Å². The fraction of sp³-hybridized carbons (Fsp3) is 0.300. The summed E-state index contributed by atoms with van der Waals surface area (Å²) in [6.07, 6.45) is -6.17. The molecule has 0 fully saturated rings. The van der Waals surface area contributed by atoms with E-state index in [1.807, 2.05) is 6.07 Å². The van der Waals surface area contributed by atoms with Gasteiger partial charge in [-0.05, 0) is 50.2 Å².